The largest absolute Gasteiger partial charge is 0.383 e. The monoisotopic (exact) mass is 374 g/mol. The quantitative estimate of drug-likeness (QED) is 0.491. The molecular weight excluding hydrogens is 356 g/mol. The summed E-state index contributed by atoms with van der Waals surface area (Å²) in [7, 11) is 0. The summed E-state index contributed by atoms with van der Waals surface area (Å²) >= 11 is 0. The van der Waals surface area contributed by atoms with Gasteiger partial charge in [0, 0.05) is 37.0 Å². The molecule has 0 aliphatic carbocycles. The molecule has 28 heavy (non-hydrogen) atoms. The number of nitrogens with zero attached hydrogens (tertiary/aromatic N) is 3. The smallest absolute Gasteiger partial charge is 0.252 e. The molecule has 1 amide bonds. The topological polar surface area (TPSA) is 118 Å². The third kappa shape index (κ3) is 3.75. The van der Waals surface area contributed by atoms with Crippen molar-refractivity contribution in [1.82, 2.24) is 24.7 Å². The van der Waals surface area contributed by atoms with Crippen LogP contribution in [-0.2, 0) is 6.42 Å². The van der Waals surface area contributed by atoms with Crippen molar-refractivity contribution >= 4 is 17.4 Å². The van der Waals surface area contributed by atoms with Crippen LogP contribution in [0.3, 0.4) is 0 Å². The molecule has 8 heteroatoms. The number of fused-ring (bicyclic) bond motifs is 1. The third-order valence-corrected chi connectivity index (χ3v) is 4.24. The zero-order chi connectivity index (χ0) is 19.5. The normalized spacial score (nSPS) is 10.9. The lowest BCUT2D eigenvalue weighted by molar-refractivity contribution is 0.0953. The van der Waals surface area contributed by atoms with Crippen molar-refractivity contribution in [2.75, 3.05) is 12.3 Å². The minimum Gasteiger partial charge on any atom is -0.383 e. The number of amides is 1. The molecule has 0 radical (unpaired) electrons. The predicted molar refractivity (Wildman–Crippen MR) is 106 cm³/mol. The lowest BCUT2D eigenvalue weighted by Crippen LogP contribution is -2.27. The maximum Gasteiger partial charge on any atom is 0.252 e. The number of hydrogen-bond donors (Lipinski definition) is 3. The number of H-pyrrole nitrogens is 1. The molecule has 0 atom stereocenters. The van der Waals surface area contributed by atoms with Crippen LogP contribution in [0, 0.1) is 0 Å². The van der Waals surface area contributed by atoms with Gasteiger partial charge < -0.3 is 20.4 Å². The zero-order valence-corrected chi connectivity index (χ0v) is 14.9. The Bertz CT molecular complexity index is 1200. The first-order chi connectivity index (χ1) is 13.6. The Labute approximate surface area is 160 Å². The standard InChI is InChI=1S/C20H18N6O2/c21-16-10-19(27)25-17(24-16)8-9-22-20(28)14-6-7-18-23-15(12-26(18)11-14)13-4-2-1-3-5-13/h1-7,10-12H,8-9H2,(H,22,28)(H3,21,24,25,27). The zero-order valence-electron chi connectivity index (χ0n) is 14.9. The molecule has 3 aromatic heterocycles. The van der Waals surface area contributed by atoms with E-state index in [-0.39, 0.29) is 17.3 Å². The van der Waals surface area contributed by atoms with Crippen LogP contribution in [0.15, 0.2) is 65.7 Å². The summed E-state index contributed by atoms with van der Waals surface area (Å²) in [5, 5.41) is 2.81. The number of carbonyl (C=O) groups is 1. The molecule has 0 unspecified atom stereocenters. The fourth-order valence-electron chi connectivity index (χ4n) is 2.92. The summed E-state index contributed by atoms with van der Waals surface area (Å²) in [5.74, 6) is 0.371. The number of pyridine rings is 1. The highest BCUT2D eigenvalue weighted by Crippen LogP contribution is 2.19. The van der Waals surface area contributed by atoms with Crippen LogP contribution in [0.2, 0.25) is 0 Å². The Morgan fingerprint density at radius 3 is 2.71 bits per heavy atom. The second-order valence-corrected chi connectivity index (χ2v) is 6.30. The second kappa shape index (κ2) is 7.36. The van der Waals surface area contributed by atoms with Crippen molar-refractivity contribution in [3.63, 3.8) is 0 Å². The van der Waals surface area contributed by atoms with Gasteiger partial charge in [-0.25, -0.2) is 9.97 Å². The highest BCUT2D eigenvalue weighted by atomic mass is 16.1. The summed E-state index contributed by atoms with van der Waals surface area (Å²) in [6, 6.07) is 14.6. The van der Waals surface area contributed by atoms with E-state index in [0.29, 0.717) is 24.4 Å². The Morgan fingerprint density at radius 1 is 1.11 bits per heavy atom. The summed E-state index contributed by atoms with van der Waals surface area (Å²) in [6.07, 6.45) is 4.01. The molecule has 0 spiro atoms. The number of nitrogens with two attached hydrogens (primary N) is 1. The first-order valence-corrected chi connectivity index (χ1v) is 8.76. The van der Waals surface area contributed by atoms with Crippen molar-refractivity contribution in [1.29, 1.82) is 0 Å². The van der Waals surface area contributed by atoms with Gasteiger partial charge in [0.1, 0.15) is 17.3 Å². The number of hydrogen-bond acceptors (Lipinski definition) is 5. The minimum absolute atomic E-state index is 0.157. The van der Waals surface area contributed by atoms with E-state index in [2.05, 4.69) is 20.3 Å². The van der Waals surface area contributed by atoms with Crippen molar-refractivity contribution < 1.29 is 4.79 Å². The average molecular weight is 374 g/mol. The molecule has 0 saturated heterocycles. The number of rotatable bonds is 5. The van der Waals surface area contributed by atoms with Crippen molar-refractivity contribution in [3.8, 4) is 11.3 Å². The van der Waals surface area contributed by atoms with Gasteiger partial charge in [0.05, 0.1) is 11.3 Å². The van der Waals surface area contributed by atoms with Crippen molar-refractivity contribution in [2.24, 2.45) is 0 Å². The molecule has 4 rings (SSSR count). The first kappa shape index (κ1) is 17.5. The maximum atomic E-state index is 12.4. The number of aromatic amines is 1. The Hall–Kier alpha value is -3.94. The van der Waals surface area contributed by atoms with E-state index >= 15 is 0 Å². The van der Waals surface area contributed by atoms with E-state index in [4.69, 9.17) is 5.73 Å². The molecule has 0 bridgehead atoms. The molecule has 0 fully saturated rings. The Balaban J connectivity index is 1.46. The van der Waals surface area contributed by atoms with Crippen LogP contribution in [0.1, 0.15) is 16.2 Å². The number of nitrogens with one attached hydrogen (secondary N) is 2. The van der Waals surface area contributed by atoms with E-state index in [1.165, 1.54) is 6.07 Å². The van der Waals surface area contributed by atoms with E-state index in [1.54, 1.807) is 18.3 Å². The summed E-state index contributed by atoms with van der Waals surface area (Å²) in [6.45, 7) is 0.322. The number of anilines is 1. The van der Waals surface area contributed by atoms with Gasteiger partial charge in [0.2, 0.25) is 0 Å². The van der Waals surface area contributed by atoms with Gasteiger partial charge in [-0.3, -0.25) is 9.59 Å². The second-order valence-electron chi connectivity index (χ2n) is 6.30. The molecule has 4 aromatic rings. The fourth-order valence-corrected chi connectivity index (χ4v) is 2.92. The molecule has 140 valence electrons. The van der Waals surface area contributed by atoms with Crippen LogP contribution in [-0.4, -0.2) is 31.8 Å². The van der Waals surface area contributed by atoms with E-state index in [1.807, 2.05) is 40.9 Å². The van der Waals surface area contributed by atoms with Gasteiger partial charge in [-0.05, 0) is 12.1 Å². The van der Waals surface area contributed by atoms with E-state index in [0.717, 1.165) is 16.9 Å². The van der Waals surface area contributed by atoms with Crippen molar-refractivity contribution in [2.45, 2.75) is 6.42 Å². The molecule has 1 aromatic carbocycles. The molecule has 8 nitrogen and oxygen atoms in total. The van der Waals surface area contributed by atoms with Gasteiger partial charge in [-0.1, -0.05) is 30.3 Å². The average Bonchev–Trinajstić information content (AvgIpc) is 3.11. The molecule has 0 aliphatic heterocycles. The number of benzene rings is 1. The van der Waals surface area contributed by atoms with Gasteiger partial charge in [0.25, 0.3) is 11.5 Å². The Kier molecular flexibility index (Phi) is 4.59. The summed E-state index contributed by atoms with van der Waals surface area (Å²) in [5.41, 5.74) is 8.37. The van der Waals surface area contributed by atoms with Crippen LogP contribution in [0.25, 0.3) is 16.9 Å². The molecule has 0 aliphatic rings. The molecule has 3 heterocycles. The van der Waals surface area contributed by atoms with Gasteiger partial charge in [-0.15, -0.1) is 0 Å². The van der Waals surface area contributed by atoms with E-state index < -0.39 is 0 Å². The van der Waals surface area contributed by atoms with Crippen LogP contribution >= 0.6 is 0 Å². The molecule has 0 saturated carbocycles. The van der Waals surface area contributed by atoms with Crippen LogP contribution in [0.4, 0.5) is 5.82 Å². The predicted octanol–water partition coefficient (Wildman–Crippen LogP) is 1.64. The lowest BCUT2D eigenvalue weighted by Gasteiger charge is -2.06. The maximum absolute atomic E-state index is 12.4. The van der Waals surface area contributed by atoms with Gasteiger partial charge in [-0.2, -0.15) is 0 Å². The van der Waals surface area contributed by atoms with Crippen molar-refractivity contribution in [3.05, 3.63) is 82.7 Å². The highest BCUT2D eigenvalue weighted by Gasteiger charge is 2.09. The highest BCUT2D eigenvalue weighted by molar-refractivity contribution is 5.94. The van der Waals surface area contributed by atoms with Crippen LogP contribution in [0.5, 0.6) is 0 Å². The molecular formula is C20H18N6O2. The number of imidazole rings is 1. The lowest BCUT2D eigenvalue weighted by atomic mass is 10.2. The minimum atomic E-state index is -0.311. The first-order valence-electron chi connectivity index (χ1n) is 8.76. The van der Waals surface area contributed by atoms with E-state index in [9.17, 15) is 9.59 Å². The summed E-state index contributed by atoms with van der Waals surface area (Å²) < 4.78 is 1.83. The van der Waals surface area contributed by atoms with Gasteiger partial charge >= 0.3 is 0 Å². The van der Waals surface area contributed by atoms with Crippen LogP contribution < -0.4 is 16.6 Å². The molecule has 4 N–H and O–H groups in total. The fraction of sp³-hybridized carbons (Fsp3) is 0.100. The summed E-state index contributed by atoms with van der Waals surface area (Å²) in [4.78, 5) is 35.0. The third-order valence-electron chi connectivity index (χ3n) is 4.24. The number of carbonyl (C=O) groups excluding carboxylic acids is 1. The van der Waals surface area contributed by atoms with Gasteiger partial charge in [0.15, 0.2) is 0 Å². The number of aromatic nitrogens is 4. The Morgan fingerprint density at radius 2 is 1.93 bits per heavy atom. The SMILES string of the molecule is Nc1cc(=O)[nH]c(CCNC(=O)c2ccc3nc(-c4ccccc4)cn3c2)n1. The number of nitrogen functional groups attached to an aromatic ring is 1.